The fourth-order valence-electron chi connectivity index (χ4n) is 2.19. The third-order valence-electron chi connectivity index (χ3n) is 3.54. The first-order chi connectivity index (χ1) is 9.32. The van der Waals surface area contributed by atoms with Gasteiger partial charge in [0.15, 0.2) is 0 Å². The van der Waals surface area contributed by atoms with Crippen molar-refractivity contribution >= 4 is 27.3 Å². The van der Waals surface area contributed by atoms with Crippen molar-refractivity contribution in [3.63, 3.8) is 0 Å². The van der Waals surface area contributed by atoms with E-state index in [0.717, 1.165) is 4.88 Å². The molecule has 6 nitrogen and oxygen atoms in total. The van der Waals surface area contributed by atoms with E-state index in [2.05, 4.69) is 0 Å². The van der Waals surface area contributed by atoms with Gasteiger partial charge < -0.3 is 5.73 Å². The number of piperazine rings is 1. The van der Waals surface area contributed by atoms with E-state index in [1.165, 1.54) is 15.6 Å². The van der Waals surface area contributed by atoms with Crippen molar-refractivity contribution in [2.75, 3.05) is 26.2 Å². The second-order valence-corrected chi connectivity index (χ2v) is 8.34. The maximum absolute atomic E-state index is 12.4. The summed E-state index contributed by atoms with van der Waals surface area (Å²) in [6.45, 7) is 5.44. The van der Waals surface area contributed by atoms with Gasteiger partial charge in [0.2, 0.25) is 5.91 Å². The molecule has 1 aliphatic heterocycles. The summed E-state index contributed by atoms with van der Waals surface area (Å²) in [4.78, 5) is 14.0. The van der Waals surface area contributed by atoms with E-state index in [9.17, 15) is 13.2 Å². The molecule has 1 aromatic rings. The molecule has 0 saturated carbocycles. The summed E-state index contributed by atoms with van der Waals surface area (Å²) in [6, 6.07) is 3.10. The molecule has 1 fully saturated rings. The van der Waals surface area contributed by atoms with Crippen LogP contribution in [0.2, 0.25) is 0 Å². The average molecular weight is 317 g/mol. The summed E-state index contributed by atoms with van der Waals surface area (Å²) in [6.07, 6.45) is 0. The van der Waals surface area contributed by atoms with E-state index in [-0.39, 0.29) is 11.9 Å². The number of thiophene rings is 1. The predicted octanol–water partition coefficient (Wildman–Crippen LogP) is 0.237. The van der Waals surface area contributed by atoms with Crippen molar-refractivity contribution in [1.82, 2.24) is 9.21 Å². The van der Waals surface area contributed by atoms with E-state index in [1.807, 2.05) is 17.9 Å². The third-order valence-corrected chi connectivity index (χ3v) is 6.91. The van der Waals surface area contributed by atoms with Crippen molar-refractivity contribution < 1.29 is 13.2 Å². The summed E-state index contributed by atoms with van der Waals surface area (Å²) in [5.41, 5.74) is 5.27. The maximum Gasteiger partial charge on any atom is 0.252 e. The first kappa shape index (κ1) is 15.4. The minimum Gasteiger partial charge on any atom is -0.368 e. The topological polar surface area (TPSA) is 83.7 Å². The number of hydrogen-bond donors (Lipinski definition) is 1. The molecule has 1 aliphatic rings. The lowest BCUT2D eigenvalue weighted by molar-refractivity contribution is -0.123. The largest absolute Gasteiger partial charge is 0.368 e. The number of nitrogens with two attached hydrogens (primary N) is 1. The molecule has 20 heavy (non-hydrogen) atoms. The van der Waals surface area contributed by atoms with Crippen LogP contribution in [0.25, 0.3) is 0 Å². The van der Waals surface area contributed by atoms with E-state index in [0.29, 0.717) is 30.4 Å². The Morgan fingerprint density at radius 3 is 2.35 bits per heavy atom. The van der Waals surface area contributed by atoms with E-state index < -0.39 is 10.0 Å². The van der Waals surface area contributed by atoms with Crippen LogP contribution >= 0.6 is 11.3 Å². The highest BCUT2D eigenvalue weighted by atomic mass is 32.2. The Morgan fingerprint density at radius 2 is 1.90 bits per heavy atom. The van der Waals surface area contributed by atoms with E-state index >= 15 is 0 Å². The van der Waals surface area contributed by atoms with Crippen molar-refractivity contribution in [2.45, 2.75) is 24.1 Å². The highest BCUT2D eigenvalue weighted by Crippen LogP contribution is 2.25. The number of nitrogens with zero attached hydrogens (tertiary/aromatic N) is 2. The van der Waals surface area contributed by atoms with Crippen LogP contribution in [0.3, 0.4) is 0 Å². The van der Waals surface area contributed by atoms with E-state index in [4.69, 9.17) is 5.73 Å². The number of carbonyl (C=O) groups is 1. The van der Waals surface area contributed by atoms with Crippen LogP contribution in [0.15, 0.2) is 16.3 Å². The van der Waals surface area contributed by atoms with Crippen LogP contribution in [-0.2, 0) is 14.8 Å². The van der Waals surface area contributed by atoms with Gasteiger partial charge in [-0.05, 0) is 26.0 Å². The second-order valence-electron chi connectivity index (χ2n) is 4.88. The standard InChI is InChI=1S/C12H19N3O3S2/c1-9-3-4-11(19-9)20(17,18)15-7-5-14(6-8-15)10(2)12(13)16/h3-4,10H,5-8H2,1-2H3,(H2,13,16)/t10-/m0/s1. The predicted molar refractivity (Wildman–Crippen MR) is 78.0 cm³/mol. The molecule has 1 atom stereocenters. The smallest absolute Gasteiger partial charge is 0.252 e. The van der Waals surface area contributed by atoms with Crippen LogP contribution in [-0.4, -0.2) is 55.8 Å². The number of aryl methyl sites for hydroxylation is 1. The highest BCUT2D eigenvalue weighted by Gasteiger charge is 2.31. The Bertz CT molecular complexity index is 589. The quantitative estimate of drug-likeness (QED) is 0.862. The van der Waals surface area contributed by atoms with Crippen LogP contribution in [0.4, 0.5) is 0 Å². The number of primary amides is 1. The van der Waals surface area contributed by atoms with Crippen LogP contribution in [0, 0.1) is 6.92 Å². The van der Waals surface area contributed by atoms with Crippen LogP contribution in [0.1, 0.15) is 11.8 Å². The molecule has 0 radical (unpaired) electrons. The minimum absolute atomic E-state index is 0.358. The highest BCUT2D eigenvalue weighted by molar-refractivity contribution is 7.91. The van der Waals surface area contributed by atoms with Crippen LogP contribution in [0.5, 0.6) is 0 Å². The molecule has 1 amide bonds. The van der Waals surface area contributed by atoms with Gasteiger partial charge in [-0.15, -0.1) is 11.3 Å². The molecular weight excluding hydrogens is 298 g/mol. The van der Waals surface area contributed by atoms with Gasteiger partial charge in [0.1, 0.15) is 4.21 Å². The maximum atomic E-state index is 12.4. The molecule has 0 aromatic carbocycles. The molecule has 0 unspecified atom stereocenters. The molecule has 2 heterocycles. The van der Waals surface area contributed by atoms with Gasteiger partial charge in [0, 0.05) is 31.1 Å². The van der Waals surface area contributed by atoms with Gasteiger partial charge in [-0.3, -0.25) is 9.69 Å². The second kappa shape index (κ2) is 5.80. The van der Waals surface area contributed by atoms with Gasteiger partial charge in [0.05, 0.1) is 6.04 Å². The average Bonchev–Trinajstić information content (AvgIpc) is 2.85. The molecule has 2 rings (SSSR count). The number of amides is 1. The fraction of sp³-hybridized carbons (Fsp3) is 0.583. The monoisotopic (exact) mass is 317 g/mol. The van der Waals surface area contributed by atoms with E-state index in [1.54, 1.807) is 13.0 Å². The van der Waals surface area contributed by atoms with Gasteiger partial charge in [0.25, 0.3) is 10.0 Å². The normalized spacial score (nSPS) is 19.9. The van der Waals surface area contributed by atoms with Gasteiger partial charge in [-0.1, -0.05) is 0 Å². The third kappa shape index (κ3) is 3.03. The molecule has 0 aliphatic carbocycles. The Hall–Kier alpha value is -0.960. The lowest BCUT2D eigenvalue weighted by atomic mass is 10.2. The number of carbonyl (C=O) groups excluding carboxylic acids is 1. The molecule has 8 heteroatoms. The molecule has 1 saturated heterocycles. The molecule has 2 N–H and O–H groups in total. The van der Waals surface area contributed by atoms with Gasteiger partial charge in [-0.2, -0.15) is 4.31 Å². The lowest BCUT2D eigenvalue weighted by Crippen LogP contribution is -2.54. The van der Waals surface area contributed by atoms with Crippen molar-refractivity contribution in [3.8, 4) is 0 Å². The Morgan fingerprint density at radius 1 is 1.30 bits per heavy atom. The number of hydrogen-bond acceptors (Lipinski definition) is 5. The zero-order valence-corrected chi connectivity index (χ0v) is 13.2. The first-order valence-corrected chi connectivity index (χ1v) is 8.68. The Kier molecular flexibility index (Phi) is 4.48. The summed E-state index contributed by atoms with van der Waals surface area (Å²) >= 11 is 1.28. The Labute approximate surface area is 123 Å². The fourth-order valence-corrected chi connectivity index (χ4v) is 5.05. The summed E-state index contributed by atoms with van der Waals surface area (Å²) < 4.78 is 26.7. The molecule has 1 aromatic heterocycles. The molecular formula is C12H19N3O3S2. The SMILES string of the molecule is Cc1ccc(S(=O)(=O)N2CCN([C@@H](C)C(N)=O)CC2)s1. The summed E-state index contributed by atoms with van der Waals surface area (Å²) in [7, 11) is -3.40. The van der Waals surface area contributed by atoms with Gasteiger partial charge in [-0.25, -0.2) is 8.42 Å². The number of rotatable bonds is 4. The lowest BCUT2D eigenvalue weighted by Gasteiger charge is -2.35. The first-order valence-electron chi connectivity index (χ1n) is 6.42. The Balaban J connectivity index is 2.05. The summed E-state index contributed by atoms with van der Waals surface area (Å²) in [5, 5.41) is 0. The molecule has 112 valence electrons. The molecule has 0 bridgehead atoms. The zero-order chi connectivity index (χ0) is 14.9. The van der Waals surface area contributed by atoms with Crippen LogP contribution < -0.4 is 5.73 Å². The van der Waals surface area contributed by atoms with Crippen molar-refractivity contribution in [3.05, 3.63) is 17.0 Å². The van der Waals surface area contributed by atoms with Gasteiger partial charge >= 0.3 is 0 Å². The number of sulfonamides is 1. The van der Waals surface area contributed by atoms with Crippen molar-refractivity contribution in [2.24, 2.45) is 5.73 Å². The zero-order valence-electron chi connectivity index (χ0n) is 11.6. The molecule has 0 spiro atoms. The van der Waals surface area contributed by atoms with Crippen molar-refractivity contribution in [1.29, 1.82) is 0 Å². The summed E-state index contributed by atoms with van der Waals surface area (Å²) in [5.74, 6) is -0.379. The minimum atomic E-state index is -3.40.